The van der Waals surface area contributed by atoms with Gasteiger partial charge in [0.15, 0.2) is 5.15 Å². The van der Waals surface area contributed by atoms with Crippen LogP contribution in [-0.2, 0) is 19.5 Å². The molecule has 5 heteroatoms. The van der Waals surface area contributed by atoms with Crippen molar-refractivity contribution in [3.05, 3.63) is 51.0 Å². The summed E-state index contributed by atoms with van der Waals surface area (Å²) in [6, 6.07) is 8.26. The van der Waals surface area contributed by atoms with Gasteiger partial charge in [0, 0.05) is 24.0 Å². The molecule has 20 heavy (non-hydrogen) atoms. The molecule has 0 atom stereocenters. The van der Waals surface area contributed by atoms with Crippen molar-refractivity contribution < 1.29 is 0 Å². The summed E-state index contributed by atoms with van der Waals surface area (Å²) < 4.78 is 1.10. The van der Waals surface area contributed by atoms with E-state index in [4.69, 9.17) is 11.6 Å². The number of nitrogens with zero attached hydrogens (tertiary/aromatic N) is 1. The molecule has 3 nitrogen and oxygen atoms in total. The maximum atomic E-state index is 6.14. The highest BCUT2D eigenvalue weighted by Gasteiger charge is 2.07. The molecule has 2 rings (SSSR count). The second kappa shape index (κ2) is 7.81. The van der Waals surface area contributed by atoms with Crippen LogP contribution in [0, 0.1) is 0 Å². The Labute approximate surface area is 133 Å². The lowest BCUT2D eigenvalue weighted by Gasteiger charge is -2.04. The topological polar surface area (TPSA) is 40.7 Å². The van der Waals surface area contributed by atoms with Crippen molar-refractivity contribution in [3.63, 3.8) is 0 Å². The van der Waals surface area contributed by atoms with Crippen LogP contribution in [0.1, 0.15) is 36.8 Å². The van der Waals surface area contributed by atoms with Crippen LogP contribution in [0.25, 0.3) is 0 Å². The zero-order chi connectivity index (χ0) is 14.4. The van der Waals surface area contributed by atoms with Gasteiger partial charge in [-0.3, -0.25) is 0 Å². The fourth-order valence-electron chi connectivity index (χ4n) is 2.00. The first kappa shape index (κ1) is 15.5. The fourth-order valence-corrected chi connectivity index (χ4v) is 2.66. The minimum atomic E-state index is 0.581. The van der Waals surface area contributed by atoms with Crippen molar-refractivity contribution in [3.8, 4) is 0 Å². The van der Waals surface area contributed by atoms with Crippen molar-refractivity contribution >= 4 is 27.5 Å². The molecule has 1 aromatic heterocycles. The summed E-state index contributed by atoms with van der Waals surface area (Å²) in [5.41, 5.74) is 2.20. The number of unbranched alkanes of at least 4 members (excludes halogenated alkanes) is 1. The van der Waals surface area contributed by atoms with E-state index in [1.165, 1.54) is 5.56 Å². The standard InChI is InChI=1S/C15H19BrClN3/c1-2-3-7-14-19-13(15(17)20-14)10-18-9-11-5-4-6-12(16)8-11/h4-6,8,18H,2-3,7,9-10H2,1H3,(H,19,20). The van der Waals surface area contributed by atoms with Gasteiger partial charge in [-0.1, -0.05) is 53.0 Å². The lowest BCUT2D eigenvalue weighted by Crippen LogP contribution is -2.13. The van der Waals surface area contributed by atoms with Crippen LogP contribution >= 0.6 is 27.5 Å². The SMILES string of the molecule is CCCCc1nc(Cl)c(CNCc2cccc(Br)c2)[nH]1. The molecule has 0 unspecified atom stereocenters. The summed E-state index contributed by atoms with van der Waals surface area (Å²) in [7, 11) is 0. The van der Waals surface area contributed by atoms with E-state index in [1.807, 2.05) is 12.1 Å². The molecule has 0 saturated heterocycles. The first-order chi connectivity index (χ1) is 9.69. The summed E-state index contributed by atoms with van der Waals surface area (Å²) in [6.45, 7) is 3.68. The number of rotatable bonds is 7. The Balaban J connectivity index is 1.86. The highest BCUT2D eigenvalue weighted by Crippen LogP contribution is 2.15. The number of hydrogen-bond donors (Lipinski definition) is 2. The molecule has 0 fully saturated rings. The van der Waals surface area contributed by atoms with Crippen molar-refractivity contribution in [2.24, 2.45) is 0 Å². The third-order valence-corrected chi connectivity index (χ3v) is 3.87. The summed E-state index contributed by atoms with van der Waals surface area (Å²) in [4.78, 5) is 7.65. The van der Waals surface area contributed by atoms with Crippen LogP contribution in [-0.4, -0.2) is 9.97 Å². The van der Waals surface area contributed by atoms with Gasteiger partial charge in [-0.05, 0) is 24.1 Å². The second-order valence-corrected chi connectivity index (χ2v) is 6.06. The Bertz CT molecular complexity index is 554. The molecule has 108 valence electrons. The van der Waals surface area contributed by atoms with E-state index in [1.54, 1.807) is 0 Å². The van der Waals surface area contributed by atoms with Gasteiger partial charge >= 0.3 is 0 Å². The van der Waals surface area contributed by atoms with Gasteiger partial charge in [0.25, 0.3) is 0 Å². The largest absolute Gasteiger partial charge is 0.344 e. The highest BCUT2D eigenvalue weighted by atomic mass is 79.9. The minimum Gasteiger partial charge on any atom is -0.344 e. The van der Waals surface area contributed by atoms with Gasteiger partial charge in [-0.2, -0.15) is 0 Å². The van der Waals surface area contributed by atoms with E-state index in [0.717, 1.165) is 41.8 Å². The molecule has 1 aromatic carbocycles. The lowest BCUT2D eigenvalue weighted by molar-refractivity contribution is 0.678. The molecular formula is C15H19BrClN3. The number of benzene rings is 1. The average Bonchev–Trinajstić information content (AvgIpc) is 2.77. The predicted molar refractivity (Wildman–Crippen MR) is 86.9 cm³/mol. The Morgan fingerprint density at radius 2 is 2.20 bits per heavy atom. The Morgan fingerprint density at radius 1 is 1.35 bits per heavy atom. The number of aromatic amines is 1. The monoisotopic (exact) mass is 355 g/mol. The van der Waals surface area contributed by atoms with Gasteiger partial charge in [0.05, 0.1) is 5.69 Å². The number of imidazole rings is 1. The molecule has 0 aliphatic rings. The maximum Gasteiger partial charge on any atom is 0.151 e. The number of nitrogens with one attached hydrogen (secondary N) is 2. The van der Waals surface area contributed by atoms with Crippen LogP contribution in [0.5, 0.6) is 0 Å². The van der Waals surface area contributed by atoms with Crippen LogP contribution < -0.4 is 5.32 Å². The molecule has 1 heterocycles. The number of halogens is 2. The van der Waals surface area contributed by atoms with E-state index in [9.17, 15) is 0 Å². The van der Waals surface area contributed by atoms with E-state index in [2.05, 4.69) is 50.3 Å². The molecule has 2 N–H and O–H groups in total. The molecule has 0 bridgehead atoms. The number of H-pyrrole nitrogens is 1. The molecule has 0 spiro atoms. The van der Waals surface area contributed by atoms with E-state index in [0.29, 0.717) is 11.7 Å². The summed E-state index contributed by atoms with van der Waals surface area (Å²) in [6.07, 6.45) is 3.26. The molecule has 0 amide bonds. The van der Waals surface area contributed by atoms with E-state index >= 15 is 0 Å². The lowest BCUT2D eigenvalue weighted by atomic mass is 10.2. The summed E-state index contributed by atoms with van der Waals surface area (Å²) in [5.74, 6) is 0.983. The van der Waals surface area contributed by atoms with Crippen molar-refractivity contribution in [2.75, 3.05) is 0 Å². The minimum absolute atomic E-state index is 0.581. The van der Waals surface area contributed by atoms with Crippen molar-refractivity contribution in [1.82, 2.24) is 15.3 Å². The van der Waals surface area contributed by atoms with Crippen molar-refractivity contribution in [2.45, 2.75) is 39.3 Å². The van der Waals surface area contributed by atoms with E-state index in [-0.39, 0.29) is 0 Å². The summed E-state index contributed by atoms with van der Waals surface area (Å²) in [5, 5.41) is 3.96. The molecular weight excluding hydrogens is 338 g/mol. The molecule has 0 radical (unpaired) electrons. The second-order valence-electron chi connectivity index (χ2n) is 4.79. The normalized spacial score (nSPS) is 10.9. The van der Waals surface area contributed by atoms with Gasteiger partial charge < -0.3 is 10.3 Å². The third kappa shape index (κ3) is 4.62. The molecule has 0 aliphatic carbocycles. The first-order valence-corrected chi connectivity index (χ1v) is 8.04. The van der Waals surface area contributed by atoms with E-state index < -0.39 is 0 Å². The summed E-state index contributed by atoms with van der Waals surface area (Å²) >= 11 is 9.61. The van der Waals surface area contributed by atoms with Gasteiger partial charge in [-0.25, -0.2) is 4.98 Å². The highest BCUT2D eigenvalue weighted by molar-refractivity contribution is 9.10. The number of hydrogen-bond acceptors (Lipinski definition) is 2. The van der Waals surface area contributed by atoms with Crippen LogP contribution in [0.15, 0.2) is 28.7 Å². The zero-order valence-electron chi connectivity index (χ0n) is 11.5. The Hall–Kier alpha value is -0.840. The quantitative estimate of drug-likeness (QED) is 0.769. The smallest absolute Gasteiger partial charge is 0.151 e. The maximum absolute atomic E-state index is 6.14. The van der Waals surface area contributed by atoms with Gasteiger partial charge in [0.2, 0.25) is 0 Å². The Morgan fingerprint density at radius 3 is 2.95 bits per heavy atom. The molecule has 2 aromatic rings. The number of aromatic nitrogens is 2. The Kier molecular flexibility index (Phi) is 6.07. The van der Waals surface area contributed by atoms with Crippen LogP contribution in [0.3, 0.4) is 0 Å². The predicted octanol–water partition coefficient (Wildman–Crippen LogP) is 4.46. The number of aryl methyl sites for hydroxylation is 1. The molecule has 0 saturated carbocycles. The first-order valence-electron chi connectivity index (χ1n) is 6.87. The van der Waals surface area contributed by atoms with Gasteiger partial charge in [-0.15, -0.1) is 0 Å². The third-order valence-electron chi connectivity index (χ3n) is 3.06. The van der Waals surface area contributed by atoms with Crippen molar-refractivity contribution in [1.29, 1.82) is 0 Å². The van der Waals surface area contributed by atoms with Crippen LogP contribution in [0.4, 0.5) is 0 Å². The molecule has 0 aliphatic heterocycles. The van der Waals surface area contributed by atoms with Gasteiger partial charge in [0.1, 0.15) is 5.82 Å². The fraction of sp³-hybridized carbons (Fsp3) is 0.400. The van der Waals surface area contributed by atoms with Crippen LogP contribution in [0.2, 0.25) is 5.15 Å². The average molecular weight is 357 g/mol. The zero-order valence-corrected chi connectivity index (χ0v) is 13.9.